The molecule has 1 aliphatic rings. The van der Waals surface area contributed by atoms with Crippen LogP contribution in [0.3, 0.4) is 0 Å². The quantitative estimate of drug-likeness (QED) is 0.450. The van der Waals surface area contributed by atoms with Gasteiger partial charge in [-0.2, -0.15) is 0 Å². The Balaban J connectivity index is 0. The molecule has 2 N–H and O–H groups in total. The molecule has 0 aromatic rings. The maximum Gasteiger partial charge on any atom is 0.181 e. The average molecular weight is 600 g/mol. The van der Waals surface area contributed by atoms with E-state index in [9.17, 15) is 5.11 Å². The van der Waals surface area contributed by atoms with Gasteiger partial charge in [-0.15, -0.1) is 0 Å². The molecule has 0 aromatic heterocycles. The molecular formula is C7H14Ac2O3. The second-order valence-electron chi connectivity index (χ2n) is 2.82. The summed E-state index contributed by atoms with van der Waals surface area (Å²) in [7, 11) is 0. The van der Waals surface area contributed by atoms with Gasteiger partial charge in [-0.1, -0.05) is 13.8 Å². The molecule has 0 aliphatic carbocycles. The maximum absolute atomic E-state index is 9.19. The van der Waals surface area contributed by atoms with Gasteiger partial charge in [-0.05, 0) is 6.42 Å². The molecule has 1 rings (SSSR count). The summed E-state index contributed by atoms with van der Waals surface area (Å²) in [5.41, 5.74) is 0. The molecule has 1 saturated heterocycles. The Morgan fingerprint density at radius 3 is 1.92 bits per heavy atom. The van der Waals surface area contributed by atoms with E-state index in [-0.39, 0.29) is 100 Å². The average Bonchev–Trinajstić information content (AvgIpc) is 2.17. The predicted octanol–water partition coefficient (Wildman–Crippen LogP) is 0.111. The first kappa shape index (κ1) is 17.2. The zero-order chi connectivity index (χ0) is 7.72. The van der Waals surface area contributed by atoms with Crippen LogP contribution in [0.5, 0.6) is 0 Å². The summed E-state index contributed by atoms with van der Waals surface area (Å²) in [5, 5.41) is 18.2. The van der Waals surface area contributed by atoms with Crippen LogP contribution >= 0.6 is 0 Å². The molecule has 1 aliphatic heterocycles. The summed E-state index contributed by atoms with van der Waals surface area (Å²) in [6.07, 6.45) is -0.815. The van der Waals surface area contributed by atoms with Gasteiger partial charge >= 0.3 is 0 Å². The predicted molar refractivity (Wildman–Crippen MR) is 36.3 cm³/mol. The molecule has 0 amide bonds. The molecule has 2 radical (unpaired) electrons. The van der Waals surface area contributed by atoms with Gasteiger partial charge in [0.1, 0.15) is 6.10 Å². The van der Waals surface area contributed by atoms with Gasteiger partial charge in [0.05, 0.1) is 6.10 Å². The Labute approximate surface area is 145 Å². The van der Waals surface area contributed by atoms with Crippen molar-refractivity contribution in [1.82, 2.24) is 0 Å². The molecule has 0 aromatic carbocycles. The molecule has 1 fully saturated rings. The number of hydrogen-bond donors (Lipinski definition) is 2. The second kappa shape index (κ2) is 7.98. The van der Waals surface area contributed by atoms with E-state index in [2.05, 4.69) is 0 Å². The third-order valence-corrected chi connectivity index (χ3v) is 2.13. The van der Waals surface area contributed by atoms with Gasteiger partial charge in [0, 0.05) is 94.0 Å². The van der Waals surface area contributed by atoms with Crippen molar-refractivity contribution in [3.63, 3.8) is 0 Å². The van der Waals surface area contributed by atoms with Crippen molar-refractivity contribution in [1.29, 1.82) is 0 Å². The smallest absolute Gasteiger partial charge is 0.181 e. The Hall–Kier alpha value is 2.76. The van der Waals surface area contributed by atoms with Crippen molar-refractivity contribution in [2.75, 3.05) is 0 Å². The summed E-state index contributed by atoms with van der Waals surface area (Å²) < 4.78 is 5.04. The van der Waals surface area contributed by atoms with Crippen LogP contribution in [0.1, 0.15) is 20.3 Å². The molecule has 66 valence electrons. The maximum atomic E-state index is 9.19. The van der Waals surface area contributed by atoms with E-state index < -0.39 is 12.4 Å². The van der Waals surface area contributed by atoms with Gasteiger partial charge in [0.2, 0.25) is 0 Å². The van der Waals surface area contributed by atoms with Crippen LogP contribution in [0, 0.1) is 94.0 Å². The fraction of sp³-hybridized carbons (Fsp3) is 1.00. The molecule has 0 spiro atoms. The number of rotatable bonds is 1. The first-order valence-electron chi connectivity index (χ1n) is 3.68. The van der Waals surface area contributed by atoms with Gasteiger partial charge in [0.15, 0.2) is 6.29 Å². The normalized spacial score (nSPS) is 40.0. The number of ether oxygens (including phenoxy) is 1. The molecule has 3 unspecified atom stereocenters. The molecule has 4 atom stereocenters. The van der Waals surface area contributed by atoms with Crippen LogP contribution < -0.4 is 0 Å². The van der Waals surface area contributed by atoms with Gasteiger partial charge in [-0.3, -0.25) is 0 Å². The monoisotopic (exact) mass is 600 g/mol. The number of aliphatic hydroxyl groups is 2. The van der Waals surface area contributed by atoms with Crippen LogP contribution in [0.15, 0.2) is 0 Å². The molecular weight excluding hydrogens is 586 g/mol. The SMILES string of the molecule is CC[C@@H]1OC(O)C(O)C1C.[Ac].[Ac]. The van der Waals surface area contributed by atoms with Crippen molar-refractivity contribution < 1.29 is 103 Å². The Kier molecular flexibility index (Phi) is 11.4. The van der Waals surface area contributed by atoms with E-state index in [1.54, 1.807) is 0 Å². The van der Waals surface area contributed by atoms with Crippen LogP contribution in [-0.4, -0.2) is 28.7 Å². The van der Waals surface area contributed by atoms with Gasteiger partial charge in [-0.25, -0.2) is 0 Å². The van der Waals surface area contributed by atoms with E-state index in [0.717, 1.165) is 6.42 Å². The minimum absolute atomic E-state index is 0. The molecule has 5 heteroatoms. The zero-order valence-electron chi connectivity index (χ0n) is 7.47. The van der Waals surface area contributed by atoms with Crippen LogP contribution in [-0.2, 0) is 4.74 Å². The number of aliphatic hydroxyl groups excluding tert-OH is 2. The minimum Gasteiger partial charge on any atom is -0.387 e. The van der Waals surface area contributed by atoms with Crippen molar-refractivity contribution in [2.24, 2.45) is 5.92 Å². The van der Waals surface area contributed by atoms with E-state index in [4.69, 9.17) is 9.84 Å². The molecule has 0 saturated carbocycles. The Morgan fingerprint density at radius 2 is 1.75 bits per heavy atom. The molecule has 0 bridgehead atoms. The van der Waals surface area contributed by atoms with Crippen LogP contribution in [0.4, 0.5) is 0 Å². The zero-order valence-corrected chi connectivity index (χ0v) is 17.0. The largest absolute Gasteiger partial charge is 0.387 e. The first-order valence-corrected chi connectivity index (χ1v) is 3.68. The Bertz CT molecular complexity index is 123. The van der Waals surface area contributed by atoms with E-state index >= 15 is 0 Å². The third-order valence-electron chi connectivity index (χ3n) is 2.13. The van der Waals surface area contributed by atoms with Crippen molar-refractivity contribution >= 4 is 0 Å². The summed E-state index contributed by atoms with van der Waals surface area (Å²) in [6, 6.07) is 0. The second-order valence-corrected chi connectivity index (χ2v) is 2.82. The summed E-state index contributed by atoms with van der Waals surface area (Å²) in [6.45, 7) is 3.86. The topological polar surface area (TPSA) is 49.7 Å². The van der Waals surface area contributed by atoms with Crippen molar-refractivity contribution in [3.05, 3.63) is 0 Å². The molecule has 3 nitrogen and oxygen atoms in total. The summed E-state index contributed by atoms with van der Waals surface area (Å²) in [5.74, 6) is 0.0556. The summed E-state index contributed by atoms with van der Waals surface area (Å²) in [4.78, 5) is 0. The van der Waals surface area contributed by atoms with Crippen molar-refractivity contribution in [2.45, 2.75) is 38.8 Å². The summed E-state index contributed by atoms with van der Waals surface area (Å²) >= 11 is 0. The number of hydrogen-bond acceptors (Lipinski definition) is 3. The Morgan fingerprint density at radius 1 is 1.25 bits per heavy atom. The van der Waals surface area contributed by atoms with E-state index in [0.29, 0.717) is 0 Å². The van der Waals surface area contributed by atoms with Crippen LogP contribution in [0.25, 0.3) is 0 Å². The van der Waals surface area contributed by atoms with E-state index in [1.165, 1.54) is 0 Å². The standard InChI is InChI=1S/C7H14O3.2Ac/c1-3-5-4(2)6(8)7(9)10-5;;/h4-9H,3H2,1-2H3;;/t4?,5-,6?,7?;;/m0../s1. The van der Waals surface area contributed by atoms with Crippen LogP contribution in [0.2, 0.25) is 0 Å². The fourth-order valence-electron chi connectivity index (χ4n) is 1.33. The fourth-order valence-corrected chi connectivity index (χ4v) is 1.33. The third kappa shape index (κ3) is 4.10. The van der Waals surface area contributed by atoms with Gasteiger partial charge in [0.25, 0.3) is 0 Å². The first-order chi connectivity index (χ1) is 4.66. The van der Waals surface area contributed by atoms with E-state index in [1.807, 2.05) is 13.8 Å². The molecule has 12 heavy (non-hydrogen) atoms. The van der Waals surface area contributed by atoms with Gasteiger partial charge < -0.3 is 14.9 Å². The minimum atomic E-state index is -0.972. The van der Waals surface area contributed by atoms with Crippen molar-refractivity contribution in [3.8, 4) is 0 Å². The molecule has 1 heterocycles.